The molecule has 0 amide bonds. The predicted octanol–water partition coefficient (Wildman–Crippen LogP) is 4.42. The number of hydrogen-bond acceptors (Lipinski definition) is 2. The van der Waals surface area contributed by atoms with Crippen LogP contribution < -0.4 is 5.73 Å². The van der Waals surface area contributed by atoms with E-state index in [9.17, 15) is 4.79 Å². The van der Waals surface area contributed by atoms with Gasteiger partial charge >= 0.3 is 0 Å². The first-order valence-corrected chi connectivity index (χ1v) is 7.03. The topological polar surface area (TPSA) is 43.1 Å². The van der Waals surface area contributed by atoms with Crippen molar-refractivity contribution in [1.29, 1.82) is 0 Å². The number of rotatable bonds is 2. The molecule has 0 aliphatic carbocycles. The van der Waals surface area contributed by atoms with Crippen LogP contribution in [0.15, 0.2) is 65.1 Å². The molecule has 2 nitrogen and oxygen atoms in total. The second-order valence-electron chi connectivity index (χ2n) is 4.62. The lowest BCUT2D eigenvalue weighted by Gasteiger charge is -2.07. The molecule has 0 heterocycles. The van der Waals surface area contributed by atoms with Crippen molar-refractivity contribution in [2.75, 3.05) is 5.73 Å². The molecule has 0 fully saturated rings. The fourth-order valence-electron chi connectivity index (χ4n) is 2.21. The second-order valence-corrected chi connectivity index (χ2v) is 5.54. The van der Waals surface area contributed by atoms with Crippen molar-refractivity contribution in [2.24, 2.45) is 0 Å². The number of hydrogen-bond donors (Lipinski definition) is 1. The molecule has 0 aliphatic rings. The molecule has 0 bridgehead atoms. The molecule has 2 N–H and O–H groups in total. The number of halogens is 1. The van der Waals surface area contributed by atoms with Gasteiger partial charge in [0, 0.05) is 21.3 Å². The first-order chi connectivity index (χ1) is 9.65. The highest BCUT2D eigenvalue weighted by Crippen LogP contribution is 2.23. The summed E-state index contributed by atoms with van der Waals surface area (Å²) in [5.74, 6) is -0.0606. The molecule has 3 heteroatoms. The highest BCUT2D eigenvalue weighted by Gasteiger charge is 2.13. The smallest absolute Gasteiger partial charge is 0.195 e. The van der Waals surface area contributed by atoms with Gasteiger partial charge in [-0.15, -0.1) is 0 Å². The molecule has 0 saturated heterocycles. The SMILES string of the molecule is Nc1ccc(Br)cc1C(=O)c1ccc2ccccc2c1. The monoisotopic (exact) mass is 325 g/mol. The molecule has 0 spiro atoms. The summed E-state index contributed by atoms with van der Waals surface area (Å²) >= 11 is 3.37. The molecule has 20 heavy (non-hydrogen) atoms. The number of nitrogens with two attached hydrogens (primary N) is 1. The van der Waals surface area contributed by atoms with Gasteiger partial charge in [-0.1, -0.05) is 52.3 Å². The van der Waals surface area contributed by atoms with Crippen LogP contribution in [0.4, 0.5) is 5.69 Å². The van der Waals surface area contributed by atoms with Gasteiger partial charge in [0.25, 0.3) is 0 Å². The van der Waals surface area contributed by atoms with E-state index in [0.29, 0.717) is 16.8 Å². The van der Waals surface area contributed by atoms with Crippen LogP contribution in [0.25, 0.3) is 10.8 Å². The third-order valence-corrected chi connectivity index (χ3v) is 3.76. The minimum Gasteiger partial charge on any atom is -0.398 e. The Bertz CT molecular complexity index is 811. The molecular formula is C17H12BrNO. The van der Waals surface area contributed by atoms with Crippen molar-refractivity contribution < 1.29 is 4.79 Å². The maximum atomic E-state index is 12.6. The second kappa shape index (κ2) is 5.10. The molecule has 0 aromatic heterocycles. The third kappa shape index (κ3) is 2.32. The summed E-state index contributed by atoms with van der Waals surface area (Å²) in [6, 6.07) is 19.0. The summed E-state index contributed by atoms with van der Waals surface area (Å²) in [7, 11) is 0. The maximum absolute atomic E-state index is 12.6. The van der Waals surface area contributed by atoms with E-state index in [1.165, 1.54) is 0 Å². The summed E-state index contributed by atoms with van der Waals surface area (Å²) < 4.78 is 0.843. The Hall–Kier alpha value is -2.13. The molecule has 98 valence electrons. The Labute approximate surface area is 125 Å². The fraction of sp³-hybridized carbons (Fsp3) is 0. The third-order valence-electron chi connectivity index (χ3n) is 3.27. The summed E-state index contributed by atoms with van der Waals surface area (Å²) in [6.45, 7) is 0. The van der Waals surface area contributed by atoms with E-state index in [2.05, 4.69) is 15.9 Å². The number of nitrogen functional groups attached to an aromatic ring is 1. The number of benzene rings is 3. The number of fused-ring (bicyclic) bond motifs is 1. The van der Waals surface area contributed by atoms with Crippen LogP contribution in [-0.4, -0.2) is 5.78 Å². The fourth-order valence-corrected chi connectivity index (χ4v) is 2.57. The van der Waals surface area contributed by atoms with Crippen LogP contribution in [0.5, 0.6) is 0 Å². The molecule has 0 saturated carbocycles. The highest BCUT2D eigenvalue weighted by atomic mass is 79.9. The van der Waals surface area contributed by atoms with Crippen LogP contribution >= 0.6 is 15.9 Å². The van der Waals surface area contributed by atoms with Crippen LogP contribution in [-0.2, 0) is 0 Å². The molecule has 0 atom stereocenters. The van der Waals surface area contributed by atoms with E-state index in [0.717, 1.165) is 15.2 Å². The van der Waals surface area contributed by atoms with Gasteiger partial charge in [-0.3, -0.25) is 4.79 Å². The summed E-state index contributed by atoms with van der Waals surface area (Å²) in [4.78, 5) is 12.6. The molecule has 0 radical (unpaired) electrons. The minimum atomic E-state index is -0.0606. The zero-order chi connectivity index (χ0) is 14.1. The molecule has 0 aliphatic heterocycles. The maximum Gasteiger partial charge on any atom is 0.195 e. The van der Waals surface area contributed by atoms with E-state index in [4.69, 9.17) is 5.73 Å². The van der Waals surface area contributed by atoms with E-state index < -0.39 is 0 Å². The average Bonchev–Trinajstić information content (AvgIpc) is 2.48. The summed E-state index contributed by atoms with van der Waals surface area (Å²) in [5, 5.41) is 2.16. The zero-order valence-electron chi connectivity index (χ0n) is 10.6. The first kappa shape index (κ1) is 12.9. The summed E-state index contributed by atoms with van der Waals surface area (Å²) in [5.41, 5.74) is 7.56. The number of carbonyl (C=O) groups is 1. The van der Waals surface area contributed by atoms with Gasteiger partial charge < -0.3 is 5.73 Å². The van der Waals surface area contributed by atoms with E-state index >= 15 is 0 Å². The lowest BCUT2D eigenvalue weighted by Crippen LogP contribution is -2.05. The van der Waals surface area contributed by atoms with E-state index in [1.807, 2.05) is 48.5 Å². The van der Waals surface area contributed by atoms with E-state index in [-0.39, 0.29) is 5.78 Å². The van der Waals surface area contributed by atoms with Crippen molar-refractivity contribution in [1.82, 2.24) is 0 Å². The Morgan fingerprint density at radius 2 is 1.65 bits per heavy atom. The van der Waals surface area contributed by atoms with Crippen molar-refractivity contribution in [3.63, 3.8) is 0 Å². The van der Waals surface area contributed by atoms with Crippen LogP contribution in [0.2, 0.25) is 0 Å². The number of ketones is 1. The highest BCUT2D eigenvalue weighted by molar-refractivity contribution is 9.10. The first-order valence-electron chi connectivity index (χ1n) is 6.24. The Balaban J connectivity index is 2.10. The largest absolute Gasteiger partial charge is 0.398 e. The van der Waals surface area contributed by atoms with Crippen LogP contribution in [0.3, 0.4) is 0 Å². The van der Waals surface area contributed by atoms with Crippen molar-refractivity contribution in [2.45, 2.75) is 0 Å². The van der Waals surface area contributed by atoms with Gasteiger partial charge in [0.1, 0.15) is 0 Å². The Morgan fingerprint density at radius 3 is 2.45 bits per heavy atom. The van der Waals surface area contributed by atoms with Gasteiger partial charge in [-0.05, 0) is 35.0 Å². The molecule has 0 unspecified atom stereocenters. The standard InChI is InChI=1S/C17H12BrNO/c18-14-7-8-16(19)15(10-14)17(20)13-6-5-11-3-1-2-4-12(11)9-13/h1-10H,19H2. The van der Waals surface area contributed by atoms with Gasteiger partial charge in [0.15, 0.2) is 5.78 Å². The summed E-state index contributed by atoms with van der Waals surface area (Å²) in [6.07, 6.45) is 0. The van der Waals surface area contributed by atoms with Crippen LogP contribution in [0.1, 0.15) is 15.9 Å². The molecule has 3 aromatic rings. The average molecular weight is 326 g/mol. The molecule has 3 aromatic carbocycles. The van der Waals surface area contributed by atoms with E-state index in [1.54, 1.807) is 12.1 Å². The van der Waals surface area contributed by atoms with Gasteiger partial charge in [-0.2, -0.15) is 0 Å². The lowest BCUT2D eigenvalue weighted by molar-refractivity contribution is 0.103. The molecular weight excluding hydrogens is 314 g/mol. The van der Waals surface area contributed by atoms with Crippen LogP contribution in [0, 0.1) is 0 Å². The number of carbonyl (C=O) groups excluding carboxylic acids is 1. The normalized spacial score (nSPS) is 10.7. The van der Waals surface area contributed by atoms with Gasteiger partial charge in [-0.25, -0.2) is 0 Å². The quantitative estimate of drug-likeness (QED) is 0.560. The Kier molecular flexibility index (Phi) is 3.28. The Morgan fingerprint density at radius 1 is 0.900 bits per heavy atom. The number of anilines is 1. The molecule has 3 rings (SSSR count). The predicted molar refractivity (Wildman–Crippen MR) is 85.9 cm³/mol. The lowest BCUT2D eigenvalue weighted by atomic mass is 9.99. The zero-order valence-corrected chi connectivity index (χ0v) is 12.2. The van der Waals surface area contributed by atoms with Crippen molar-refractivity contribution >= 4 is 38.2 Å². The minimum absolute atomic E-state index is 0.0606. The van der Waals surface area contributed by atoms with Gasteiger partial charge in [0.2, 0.25) is 0 Å². The van der Waals surface area contributed by atoms with Crippen molar-refractivity contribution in [3.05, 3.63) is 76.3 Å². The van der Waals surface area contributed by atoms with Gasteiger partial charge in [0.05, 0.1) is 0 Å². The van der Waals surface area contributed by atoms with Crippen molar-refractivity contribution in [3.8, 4) is 0 Å².